The molecule has 1 aliphatic rings. The van der Waals surface area contributed by atoms with E-state index in [4.69, 9.17) is 11.6 Å². The number of benzene rings is 1. The molecule has 6 heteroatoms. The van der Waals surface area contributed by atoms with Gasteiger partial charge in [0.1, 0.15) is 0 Å². The number of rotatable bonds is 3. The van der Waals surface area contributed by atoms with E-state index in [-0.39, 0.29) is 0 Å². The predicted octanol–water partition coefficient (Wildman–Crippen LogP) is 4.16. The molecule has 1 aromatic carbocycles. The number of sulfonamides is 1. The SMILES string of the molecule is Cc1c(Br)cc(CCl)cc1S(=O)(=O)N1CC(C)CC(C)C1. The molecule has 1 heterocycles. The fourth-order valence-electron chi connectivity index (χ4n) is 2.99. The molecule has 0 aromatic heterocycles. The molecule has 0 radical (unpaired) electrons. The summed E-state index contributed by atoms with van der Waals surface area (Å²) in [5.41, 5.74) is 1.56. The van der Waals surface area contributed by atoms with Crippen LogP contribution in [0.1, 0.15) is 31.4 Å². The molecule has 0 aliphatic carbocycles. The normalized spacial score (nSPS) is 24.2. The maximum absolute atomic E-state index is 13.0. The molecule has 2 rings (SSSR count). The molecule has 1 saturated heterocycles. The lowest BCUT2D eigenvalue weighted by molar-refractivity contribution is 0.222. The second kappa shape index (κ2) is 6.57. The first-order valence-corrected chi connectivity index (χ1v) is 9.87. The van der Waals surface area contributed by atoms with Crippen LogP contribution >= 0.6 is 27.5 Å². The largest absolute Gasteiger partial charge is 0.243 e. The molecule has 0 spiro atoms. The Morgan fingerprint density at radius 3 is 2.38 bits per heavy atom. The number of alkyl halides is 1. The fourth-order valence-corrected chi connectivity index (χ4v) is 5.76. The summed E-state index contributed by atoms with van der Waals surface area (Å²) in [7, 11) is -3.47. The van der Waals surface area contributed by atoms with E-state index in [1.165, 1.54) is 0 Å². The maximum atomic E-state index is 13.0. The molecular formula is C15H21BrClNO2S. The van der Waals surface area contributed by atoms with Crippen molar-refractivity contribution >= 4 is 37.6 Å². The predicted molar refractivity (Wildman–Crippen MR) is 90.1 cm³/mol. The second-order valence-electron chi connectivity index (χ2n) is 6.10. The molecule has 1 aliphatic heterocycles. The Kier molecular flexibility index (Phi) is 5.40. The molecule has 1 aromatic rings. The smallest absolute Gasteiger partial charge is 0.207 e. The molecular weight excluding hydrogens is 374 g/mol. The Morgan fingerprint density at radius 2 is 1.86 bits per heavy atom. The maximum Gasteiger partial charge on any atom is 0.243 e. The van der Waals surface area contributed by atoms with E-state index in [1.807, 2.05) is 13.0 Å². The molecule has 0 amide bonds. The van der Waals surface area contributed by atoms with Crippen LogP contribution in [0.2, 0.25) is 0 Å². The van der Waals surface area contributed by atoms with Crippen molar-refractivity contribution in [1.82, 2.24) is 4.31 Å². The van der Waals surface area contributed by atoms with Gasteiger partial charge in [0.05, 0.1) is 4.90 Å². The summed E-state index contributed by atoms with van der Waals surface area (Å²) in [4.78, 5) is 0.369. The van der Waals surface area contributed by atoms with Crippen molar-refractivity contribution in [1.29, 1.82) is 0 Å². The minimum Gasteiger partial charge on any atom is -0.207 e. The van der Waals surface area contributed by atoms with E-state index in [1.54, 1.807) is 10.4 Å². The van der Waals surface area contributed by atoms with Gasteiger partial charge in [0.25, 0.3) is 0 Å². The van der Waals surface area contributed by atoms with Crippen molar-refractivity contribution in [2.45, 2.75) is 38.0 Å². The van der Waals surface area contributed by atoms with Crippen molar-refractivity contribution in [3.8, 4) is 0 Å². The summed E-state index contributed by atoms with van der Waals surface area (Å²) >= 11 is 9.31. The first kappa shape index (κ1) is 17.3. The van der Waals surface area contributed by atoms with Gasteiger partial charge in [-0.3, -0.25) is 0 Å². The van der Waals surface area contributed by atoms with E-state index in [0.717, 1.165) is 22.0 Å². The summed E-state index contributed by atoms with van der Waals surface area (Å²) in [5.74, 6) is 1.08. The van der Waals surface area contributed by atoms with Gasteiger partial charge in [-0.05, 0) is 48.4 Å². The van der Waals surface area contributed by atoms with Crippen molar-refractivity contribution in [3.05, 3.63) is 27.7 Å². The summed E-state index contributed by atoms with van der Waals surface area (Å²) in [6.07, 6.45) is 1.08. The molecule has 0 saturated carbocycles. The van der Waals surface area contributed by atoms with Gasteiger partial charge < -0.3 is 0 Å². The monoisotopic (exact) mass is 393 g/mol. The van der Waals surface area contributed by atoms with Gasteiger partial charge in [-0.15, -0.1) is 11.6 Å². The van der Waals surface area contributed by atoms with Gasteiger partial charge in [0.2, 0.25) is 10.0 Å². The first-order chi connectivity index (χ1) is 9.75. The van der Waals surface area contributed by atoms with Crippen LogP contribution < -0.4 is 0 Å². The zero-order chi connectivity index (χ0) is 15.8. The zero-order valence-corrected chi connectivity index (χ0v) is 15.7. The van der Waals surface area contributed by atoms with Crippen LogP contribution in [-0.2, 0) is 15.9 Å². The van der Waals surface area contributed by atoms with Gasteiger partial charge in [0, 0.05) is 23.4 Å². The molecule has 118 valence electrons. The van der Waals surface area contributed by atoms with Crippen LogP contribution in [0.3, 0.4) is 0 Å². The van der Waals surface area contributed by atoms with Crippen molar-refractivity contribution in [2.75, 3.05) is 13.1 Å². The number of piperidine rings is 1. The highest BCUT2D eigenvalue weighted by Gasteiger charge is 2.33. The van der Waals surface area contributed by atoms with Gasteiger partial charge in [-0.2, -0.15) is 4.31 Å². The number of halogens is 2. The van der Waals surface area contributed by atoms with E-state index in [0.29, 0.717) is 35.7 Å². The minimum absolute atomic E-state index is 0.300. The summed E-state index contributed by atoms with van der Waals surface area (Å²) in [5, 5.41) is 0. The van der Waals surface area contributed by atoms with Crippen LogP contribution in [0.4, 0.5) is 0 Å². The Balaban J connectivity index is 2.46. The third-order valence-electron chi connectivity index (χ3n) is 3.96. The second-order valence-corrected chi connectivity index (χ2v) is 9.13. The lowest BCUT2D eigenvalue weighted by atomic mass is 9.94. The molecule has 2 atom stereocenters. The van der Waals surface area contributed by atoms with Gasteiger partial charge >= 0.3 is 0 Å². The number of nitrogens with zero attached hydrogens (tertiary/aromatic N) is 1. The molecule has 0 N–H and O–H groups in total. The molecule has 21 heavy (non-hydrogen) atoms. The third kappa shape index (κ3) is 3.63. The topological polar surface area (TPSA) is 37.4 Å². The Morgan fingerprint density at radius 1 is 1.29 bits per heavy atom. The van der Waals surface area contributed by atoms with Crippen LogP contribution in [0.25, 0.3) is 0 Å². The van der Waals surface area contributed by atoms with Gasteiger partial charge in [0.15, 0.2) is 0 Å². The minimum atomic E-state index is -3.47. The highest BCUT2D eigenvalue weighted by Crippen LogP contribution is 2.32. The molecule has 2 unspecified atom stereocenters. The fraction of sp³-hybridized carbons (Fsp3) is 0.600. The standard InChI is InChI=1S/C15H21BrClNO2S/c1-10-4-11(2)9-18(8-10)21(19,20)15-6-13(7-17)5-14(16)12(15)3/h5-6,10-11H,4,7-9H2,1-3H3. The molecule has 1 fully saturated rings. The Labute approximate surface area is 140 Å². The summed E-state index contributed by atoms with van der Waals surface area (Å²) in [6, 6.07) is 3.58. The van der Waals surface area contributed by atoms with Crippen molar-refractivity contribution < 1.29 is 8.42 Å². The Hall–Kier alpha value is -0.100. The van der Waals surface area contributed by atoms with E-state index in [9.17, 15) is 8.42 Å². The zero-order valence-electron chi connectivity index (χ0n) is 12.6. The van der Waals surface area contributed by atoms with Crippen LogP contribution in [0.5, 0.6) is 0 Å². The summed E-state index contributed by atoms with van der Waals surface area (Å²) < 4.78 is 28.4. The van der Waals surface area contributed by atoms with Crippen molar-refractivity contribution in [2.24, 2.45) is 11.8 Å². The molecule has 0 bridgehead atoms. The number of hydrogen-bond acceptors (Lipinski definition) is 2. The average Bonchev–Trinajstić information content (AvgIpc) is 2.40. The van der Waals surface area contributed by atoms with Gasteiger partial charge in [-0.25, -0.2) is 8.42 Å². The lowest BCUT2D eigenvalue weighted by Gasteiger charge is -2.34. The quantitative estimate of drug-likeness (QED) is 0.722. The van der Waals surface area contributed by atoms with E-state index >= 15 is 0 Å². The lowest BCUT2D eigenvalue weighted by Crippen LogP contribution is -2.42. The molecule has 3 nitrogen and oxygen atoms in total. The highest BCUT2D eigenvalue weighted by atomic mass is 79.9. The van der Waals surface area contributed by atoms with Crippen LogP contribution in [0.15, 0.2) is 21.5 Å². The summed E-state index contributed by atoms with van der Waals surface area (Å²) in [6.45, 7) is 7.22. The van der Waals surface area contributed by atoms with Gasteiger partial charge in [-0.1, -0.05) is 29.8 Å². The first-order valence-electron chi connectivity index (χ1n) is 7.10. The average molecular weight is 395 g/mol. The van der Waals surface area contributed by atoms with E-state index in [2.05, 4.69) is 29.8 Å². The number of hydrogen-bond donors (Lipinski definition) is 0. The van der Waals surface area contributed by atoms with Crippen LogP contribution in [0, 0.1) is 18.8 Å². The third-order valence-corrected chi connectivity index (χ3v) is 7.05. The highest BCUT2D eigenvalue weighted by molar-refractivity contribution is 9.10. The Bertz CT molecular complexity index is 623. The van der Waals surface area contributed by atoms with Crippen LogP contribution in [-0.4, -0.2) is 25.8 Å². The van der Waals surface area contributed by atoms with E-state index < -0.39 is 10.0 Å². The van der Waals surface area contributed by atoms with Crippen molar-refractivity contribution in [3.63, 3.8) is 0 Å².